The third kappa shape index (κ3) is 2.96. The van der Waals surface area contributed by atoms with E-state index in [1.54, 1.807) is 18.2 Å². The van der Waals surface area contributed by atoms with Crippen molar-refractivity contribution < 1.29 is 18.6 Å². The third-order valence-corrected chi connectivity index (χ3v) is 3.23. The second kappa shape index (κ2) is 5.59. The van der Waals surface area contributed by atoms with Crippen LogP contribution >= 0.6 is 0 Å². The molecule has 0 aliphatic heterocycles. The molecule has 106 valence electrons. The number of hydrogen-bond donors (Lipinski definition) is 1. The molecule has 0 amide bonds. The largest absolute Gasteiger partial charge is 0.494 e. The van der Waals surface area contributed by atoms with Gasteiger partial charge < -0.3 is 9.84 Å². The summed E-state index contributed by atoms with van der Waals surface area (Å²) in [5.41, 5.74) is -0.531. The van der Waals surface area contributed by atoms with Gasteiger partial charge in [-0.3, -0.25) is 0 Å². The molecule has 2 nitrogen and oxygen atoms in total. The van der Waals surface area contributed by atoms with E-state index in [-0.39, 0.29) is 23.6 Å². The van der Waals surface area contributed by atoms with E-state index < -0.39 is 11.4 Å². The lowest BCUT2D eigenvalue weighted by Crippen LogP contribution is -2.26. The number of benzene rings is 2. The van der Waals surface area contributed by atoms with Crippen molar-refractivity contribution in [2.75, 3.05) is 7.11 Å². The van der Waals surface area contributed by atoms with Gasteiger partial charge in [-0.2, -0.15) is 0 Å². The molecular formula is C16H16F2O2. The van der Waals surface area contributed by atoms with Gasteiger partial charge in [-0.1, -0.05) is 24.3 Å². The summed E-state index contributed by atoms with van der Waals surface area (Å²) < 4.78 is 32.0. The van der Waals surface area contributed by atoms with E-state index in [0.717, 1.165) is 5.56 Å². The van der Waals surface area contributed by atoms with Gasteiger partial charge in [-0.15, -0.1) is 0 Å². The van der Waals surface area contributed by atoms with E-state index in [2.05, 4.69) is 0 Å². The maximum absolute atomic E-state index is 14.2. The predicted octanol–water partition coefficient (Wildman–Crippen LogP) is 3.42. The highest BCUT2D eigenvalue weighted by molar-refractivity contribution is 5.35. The minimum absolute atomic E-state index is 0.0851. The molecule has 0 saturated carbocycles. The summed E-state index contributed by atoms with van der Waals surface area (Å²) in [4.78, 5) is 0. The molecule has 1 unspecified atom stereocenters. The Morgan fingerprint density at radius 3 is 2.35 bits per heavy atom. The number of halogens is 2. The molecule has 1 atom stereocenters. The summed E-state index contributed by atoms with van der Waals surface area (Å²) in [6.07, 6.45) is 0.178. The highest BCUT2D eigenvalue weighted by atomic mass is 19.1. The van der Waals surface area contributed by atoms with Crippen molar-refractivity contribution in [3.05, 3.63) is 65.2 Å². The van der Waals surface area contributed by atoms with Gasteiger partial charge in [-0.05, 0) is 30.7 Å². The lowest BCUT2D eigenvalue weighted by Gasteiger charge is -2.25. The number of aliphatic hydroxyl groups is 1. The number of hydrogen-bond acceptors (Lipinski definition) is 2. The van der Waals surface area contributed by atoms with E-state index in [1.165, 1.54) is 38.3 Å². The number of ether oxygens (including phenoxy) is 1. The number of methoxy groups -OCH3 is 1. The second-order valence-electron chi connectivity index (χ2n) is 4.90. The molecule has 0 aromatic heterocycles. The van der Waals surface area contributed by atoms with E-state index in [9.17, 15) is 13.9 Å². The molecule has 0 radical (unpaired) electrons. The Bertz CT molecular complexity index is 592. The normalized spacial score (nSPS) is 13.8. The second-order valence-corrected chi connectivity index (χ2v) is 4.90. The van der Waals surface area contributed by atoms with Crippen LogP contribution < -0.4 is 4.74 Å². The summed E-state index contributed by atoms with van der Waals surface area (Å²) in [6, 6.07) is 10.4. The highest BCUT2D eigenvalue weighted by Gasteiger charge is 2.28. The summed E-state index contributed by atoms with van der Waals surface area (Å²) in [5.74, 6) is -0.843. The van der Waals surface area contributed by atoms with Crippen LogP contribution in [-0.4, -0.2) is 12.2 Å². The zero-order valence-electron chi connectivity index (χ0n) is 11.4. The van der Waals surface area contributed by atoms with Crippen molar-refractivity contribution in [2.45, 2.75) is 18.9 Å². The first-order valence-corrected chi connectivity index (χ1v) is 6.24. The lowest BCUT2D eigenvalue weighted by atomic mass is 9.88. The summed E-state index contributed by atoms with van der Waals surface area (Å²) in [6.45, 7) is 1.52. The Morgan fingerprint density at radius 1 is 1.10 bits per heavy atom. The van der Waals surface area contributed by atoms with E-state index in [1.807, 2.05) is 0 Å². The molecule has 2 aromatic rings. The van der Waals surface area contributed by atoms with Crippen LogP contribution in [0.15, 0.2) is 42.5 Å². The SMILES string of the molecule is COc1cccc(C(C)(O)Cc2ccc(F)cc2)c1F. The van der Waals surface area contributed by atoms with E-state index in [4.69, 9.17) is 4.74 Å². The molecule has 20 heavy (non-hydrogen) atoms. The smallest absolute Gasteiger partial charge is 0.171 e. The van der Waals surface area contributed by atoms with Gasteiger partial charge in [0, 0.05) is 12.0 Å². The molecule has 0 heterocycles. The Labute approximate surface area is 116 Å². The van der Waals surface area contributed by atoms with E-state index >= 15 is 0 Å². The van der Waals surface area contributed by atoms with Gasteiger partial charge in [0.1, 0.15) is 5.82 Å². The van der Waals surface area contributed by atoms with Gasteiger partial charge in [-0.25, -0.2) is 8.78 Å². The third-order valence-electron chi connectivity index (χ3n) is 3.23. The first kappa shape index (κ1) is 14.5. The first-order chi connectivity index (χ1) is 9.44. The molecule has 0 fully saturated rings. The molecule has 0 saturated heterocycles. The van der Waals surface area contributed by atoms with Gasteiger partial charge in [0.15, 0.2) is 11.6 Å². The van der Waals surface area contributed by atoms with Crippen LogP contribution in [0.25, 0.3) is 0 Å². The van der Waals surface area contributed by atoms with Gasteiger partial charge >= 0.3 is 0 Å². The van der Waals surface area contributed by atoms with Crippen molar-refractivity contribution in [1.29, 1.82) is 0 Å². The molecule has 2 rings (SSSR count). The maximum Gasteiger partial charge on any atom is 0.171 e. The molecule has 4 heteroatoms. The predicted molar refractivity (Wildman–Crippen MR) is 72.6 cm³/mol. The Hall–Kier alpha value is -1.94. The molecule has 0 bridgehead atoms. The quantitative estimate of drug-likeness (QED) is 0.928. The van der Waals surface area contributed by atoms with Crippen LogP contribution in [0, 0.1) is 11.6 Å². The highest BCUT2D eigenvalue weighted by Crippen LogP contribution is 2.31. The van der Waals surface area contributed by atoms with Crippen LogP contribution in [0.1, 0.15) is 18.1 Å². The van der Waals surface area contributed by atoms with E-state index in [0.29, 0.717) is 0 Å². The zero-order valence-corrected chi connectivity index (χ0v) is 11.4. The molecule has 0 aliphatic rings. The number of rotatable bonds is 4. The average Bonchev–Trinajstić information content (AvgIpc) is 2.41. The van der Waals surface area contributed by atoms with Crippen molar-refractivity contribution in [2.24, 2.45) is 0 Å². The van der Waals surface area contributed by atoms with Crippen molar-refractivity contribution in [3.63, 3.8) is 0 Å². The Morgan fingerprint density at radius 2 is 1.75 bits per heavy atom. The molecule has 2 aromatic carbocycles. The van der Waals surface area contributed by atoms with Crippen molar-refractivity contribution in [1.82, 2.24) is 0 Å². The fourth-order valence-corrected chi connectivity index (χ4v) is 2.18. The molecule has 0 aliphatic carbocycles. The first-order valence-electron chi connectivity index (χ1n) is 6.24. The van der Waals surface area contributed by atoms with Crippen LogP contribution in [0.3, 0.4) is 0 Å². The van der Waals surface area contributed by atoms with Gasteiger partial charge in [0.2, 0.25) is 0 Å². The summed E-state index contributed by atoms with van der Waals surface area (Å²) in [7, 11) is 1.37. The molecular weight excluding hydrogens is 262 g/mol. The minimum Gasteiger partial charge on any atom is -0.494 e. The van der Waals surface area contributed by atoms with Crippen molar-refractivity contribution in [3.8, 4) is 5.75 Å². The molecule has 1 N–H and O–H groups in total. The van der Waals surface area contributed by atoms with Gasteiger partial charge in [0.05, 0.1) is 12.7 Å². The minimum atomic E-state index is -1.41. The van der Waals surface area contributed by atoms with Gasteiger partial charge in [0.25, 0.3) is 0 Å². The monoisotopic (exact) mass is 278 g/mol. The van der Waals surface area contributed by atoms with Crippen LogP contribution in [-0.2, 0) is 12.0 Å². The van der Waals surface area contributed by atoms with Crippen LogP contribution in [0.5, 0.6) is 5.75 Å². The zero-order chi connectivity index (χ0) is 14.8. The maximum atomic E-state index is 14.2. The topological polar surface area (TPSA) is 29.5 Å². The summed E-state index contributed by atoms with van der Waals surface area (Å²) >= 11 is 0. The average molecular weight is 278 g/mol. The summed E-state index contributed by atoms with van der Waals surface area (Å²) in [5, 5.41) is 10.5. The fraction of sp³-hybridized carbons (Fsp3) is 0.250. The lowest BCUT2D eigenvalue weighted by molar-refractivity contribution is 0.0532. The Kier molecular flexibility index (Phi) is 4.04. The Balaban J connectivity index is 2.32. The molecule has 0 spiro atoms. The standard InChI is InChI=1S/C16H16F2O2/c1-16(19,10-11-6-8-12(17)9-7-11)13-4-3-5-14(20-2)15(13)18/h3-9,19H,10H2,1-2H3. The van der Waals surface area contributed by atoms with Crippen LogP contribution in [0.2, 0.25) is 0 Å². The van der Waals surface area contributed by atoms with Crippen molar-refractivity contribution >= 4 is 0 Å². The van der Waals surface area contributed by atoms with Crippen LogP contribution in [0.4, 0.5) is 8.78 Å². The fourth-order valence-electron chi connectivity index (χ4n) is 2.18.